The number of likely N-dealkylation sites (tertiary alicyclic amines) is 1. The summed E-state index contributed by atoms with van der Waals surface area (Å²) in [5.74, 6) is 0.0911. The summed E-state index contributed by atoms with van der Waals surface area (Å²) in [5, 5.41) is 3.21. The lowest BCUT2D eigenvalue weighted by Gasteiger charge is -2.32. The third kappa shape index (κ3) is 4.21. The second kappa shape index (κ2) is 7.28. The quantitative estimate of drug-likeness (QED) is 0.927. The molecule has 3 rings (SSSR count). The number of carbonyl (C=O) groups excluding carboxylic acids is 1. The standard InChI is InChI=1S/C19H24N2OS/c1-14-12-18(15(2)23-14)19(22)20-17-8-10-21(11-9-17)13-16-6-4-3-5-7-16/h3-7,12,17H,8-11,13H2,1-2H3,(H,20,22). The number of carbonyl (C=O) groups is 1. The molecular formula is C19H24N2OS. The Labute approximate surface area is 142 Å². The predicted molar refractivity (Wildman–Crippen MR) is 96.0 cm³/mol. The molecule has 1 fully saturated rings. The molecular weight excluding hydrogens is 304 g/mol. The zero-order valence-electron chi connectivity index (χ0n) is 13.8. The van der Waals surface area contributed by atoms with E-state index < -0.39 is 0 Å². The van der Waals surface area contributed by atoms with Crippen LogP contribution in [0.2, 0.25) is 0 Å². The van der Waals surface area contributed by atoms with E-state index in [1.54, 1.807) is 11.3 Å². The number of hydrogen-bond acceptors (Lipinski definition) is 3. The maximum absolute atomic E-state index is 12.4. The molecule has 1 amide bonds. The van der Waals surface area contributed by atoms with Crippen molar-refractivity contribution in [1.82, 2.24) is 10.2 Å². The summed E-state index contributed by atoms with van der Waals surface area (Å²) >= 11 is 1.69. The Hall–Kier alpha value is -1.65. The van der Waals surface area contributed by atoms with Gasteiger partial charge in [-0.15, -0.1) is 11.3 Å². The van der Waals surface area contributed by atoms with Crippen LogP contribution in [0.25, 0.3) is 0 Å². The Morgan fingerprint density at radius 1 is 1.22 bits per heavy atom. The van der Waals surface area contributed by atoms with E-state index in [0.29, 0.717) is 6.04 Å². The highest BCUT2D eigenvalue weighted by Gasteiger charge is 2.22. The van der Waals surface area contributed by atoms with E-state index in [4.69, 9.17) is 0 Å². The van der Waals surface area contributed by atoms with Gasteiger partial charge in [0.05, 0.1) is 5.56 Å². The van der Waals surface area contributed by atoms with E-state index in [9.17, 15) is 4.79 Å². The van der Waals surface area contributed by atoms with Gasteiger partial charge < -0.3 is 5.32 Å². The first-order valence-electron chi connectivity index (χ1n) is 8.26. The van der Waals surface area contributed by atoms with Crippen LogP contribution in [0.4, 0.5) is 0 Å². The molecule has 4 heteroatoms. The van der Waals surface area contributed by atoms with Gasteiger partial charge in [0.1, 0.15) is 0 Å². The number of benzene rings is 1. The van der Waals surface area contributed by atoms with Crippen LogP contribution in [0.15, 0.2) is 36.4 Å². The second-order valence-corrected chi connectivity index (χ2v) is 7.80. The molecule has 0 unspecified atom stereocenters. The van der Waals surface area contributed by atoms with Gasteiger partial charge in [-0.25, -0.2) is 0 Å². The van der Waals surface area contributed by atoms with Crippen LogP contribution >= 0.6 is 11.3 Å². The highest BCUT2D eigenvalue weighted by Crippen LogP contribution is 2.21. The molecule has 23 heavy (non-hydrogen) atoms. The Morgan fingerprint density at radius 2 is 1.91 bits per heavy atom. The molecule has 0 atom stereocenters. The summed E-state index contributed by atoms with van der Waals surface area (Å²) in [5.41, 5.74) is 2.21. The fourth-order valence-corrected chi connectivity index (χ4v) is 4.12. The number of nitrogens with zero attached hydrogens (tertiary/aromatic N) is 1. The molecule has 2 heterocycles. The third-order valence-corrected chi connectivity index (χ3v) is 5.42. The second-order valence-electron chi connectivity index (χ2n) is 6.34. The molecule has 1 aliphatic rings. The van der Waals surface area contributed by atoms with Crippen molar-refractivity contribution in [2.24, 2.45) is 0 Å². The Kier molecular flexibility index (Phi) is 5.13. The van der Waals surface area contributed by atoms with Gasteiger partial charge in [0, 0.05) is 35.4 Å². The largest absolute Gasteiger partial charge is 0.349 e. The molecule has 0 saturated carbocycles. The summed E-state index contributed by atoms with van der Waals surface area (Å²) in [6.45, 7) is 7.17. The van der Waals surface area contributed by atoms with Gasteiger partial charge >= 0.3 is 0 Å². The molecule has 1 aromatic heterocycles. The third-order valence-electron chi connectivity index (χ3n) is 4.46. The van der Waals surface area contributed by atoms with Gasteiger partial charge in [0.15, 0.2) is 0 Å². The Morgan fingerprint density at radius 3 is 2.52 bits per heavy atom. The van der Waals surface area contributed by atoms with E-state index in [1.807, 2.05) is 13.0 Å². The first-order chi connectivity index (χ1) is 11.1. The number of amides is 1. The highest BCUT2D eigenvalue weighted by atomic mass is 32.1. The molecule has 1 aliphatic heterocycles. The summed E-state index contributed by atoms with van der Waals surface area (Å²) in [6.07, 6.45) is 2.06. The van der Waals surface area contributed by atoms with E-state index in [2.05, 4.69) is 47.5 Å². The van der Waals surface area contributed by atoms with Crippen LogP contribution in [-0.2, 0) is 6.54 Å². The molecule has 0 bridgehead atoms. The van der Waals surface area contributed by atoms with Crippen LogP contribution in [0.5, 0.6) is 0 Å². The molecule has 2 aromatic rings. The van der Waals surface area contributed by atoms with Crippen molar-refractivity contribution in [2.75, 3.05) is 13.1 Å². The maximum Gasteiger partial charge on any atom is 0.252 e. The predicted octanol–water partition coefficient (Wildman–Crippen LogP) is 3.76. The fourth-order valence-electron chi connectivity index (χ4n) is 3.20. The molecule has 0 spiro atoms. The lowest BCUT2D eigenvalue weighted by Crippen LogP contribution is -2.44. The first-order valence-corrected chi connectivity index (χ1v) is 9.07. The monoisotopic (exact) mass is 328 g/mol. The van der Waals surface area contributed by atoms with E-state index in [-0.39, 0.29) is 5.91 Å². The average molecular weight is 328 g/mol. The minimum absolute atomic E-state index is 0.0911. The number of thiophene rings is 1. The molecule has 1 saturated heterocycles. The van der Waals surface area contributed by atoms with Gasteiger partial charge in [-0.2, -0.15) is 0 Å². The maximum atomic E-state index is 12.4. The zero-order valence-corrected chi connectivity index (χ0v) is 14.7. The molecule has 122 valence electrons. The van der Waals surface area contributed by atoms with Gasteiger partial charge in [-0.3, -0.25) is 9.69 Å². The average Bonchev–Trinajstić information content (AvgIpc) is 2.89. The fraction of sp³-hybridized carbons (Fsp3) is 0.421. The molecule has 0 radical (unpaired) electrons. The van der Waals surface area contributed by atoms with E-state index >= 15 is 0 Å². The number of nitrogens with one attached hydrogen (secondary N) is 1. The van der Waals surface area contributed by atoms with Crippen LogP contribution in [0, 0.1) is 13.8 Å². The molecule has 3 nitrogen and oxygen atoms in total. The number of hydrogen-bond donors (Lipinski definition) is 1. The van der Waals surface area contributed by atoms with Crippen molar-refractivity contribution in [3.05, 3.63) is 57.3 Å². The minimum Gasteiger partial charge on any atom is -0.349 e. The topological polar surface area (TPSA) is 32.3 Å². The molecule has 0 aliphatic carbocycles. The number of aryl methyl sites for hydroxylation is 2. The number of piperidine rings is 1. The minimum atomic E-state index is 0.0911. The summed E-state index contributed by atoms with van der Waals surface area (Å²) in [6, 6.07) is 12.9. The van der Waals surface area contributed by atoms with Crippen molar-refractivity contribution in [2.45, 2.75) is 39.3 Å². The highest BCUT2D eigenvalue weighted by molar-refractivity contribution is 7.12. The summed E-state index contributed by atoms with van der Waals surface area (Å²) in [4.78, 5) is 17.2. The van der Waals surface area contributed by atoms with Crippen LogP contribution in [0.3, 0.4) is 0 Å². The smallest absolute Gasteiger partial charge is 0.252 e. The van der Waals surface area contributed by atoms with Crippen LogP contribution in [0.1, 0.15) is 38.5 Å². The molecule has 1 aromatic carbocycles. The van der Waals surface area contributed by atoms with E-state index in [0.717, 1.165) is 42.9 Å². The summed E-state index contributed by atoms with van der Waals surface area (Å²) < 4.78 is 0. The Bertz CT molecular complexity index is 657. The van der Waals surface area contributed by atoms with Crippen molar-refractivity contribution in [3.63, 3.8) is 0 Å². The van der Waals surface area contributed by atoms with Gasteiger partial charge in [0.2, 0.25) is 0 Å². The lowest BCUT2D eigenvalue weighted by atomic mass is 10.0. The van der Waals surface area contributed by atoms with Crippen LogP contribution < -0.4 is 5.32 Å². The van der Waals surface area contributed by atoms with Gasteiger partial charge in [0.25, 0.3) is 5.91 Å². The van der Waals surface area contributed by atoms with Crippen molar-refractivity contribution in [3.8, 4) is 0 Å². The summed E-state index contributed by atoms with van der Waals surface area (Å²) in [7, 11) is 0. The van der Waals surface area contributed by atoms with Gasteiger partial charge in [-0.05, 0) is 38.3 Å². The molecule has 1 N–H and O–H groups in total. The Balaban J connectivity index is 1.49. The van der Waals surface area contributed by atoms with Crippen molar-refractivity contribution < 1.29 is 4.79 Å². The number of rotatable bonds is 4. The lowest BCUT2D eigenvalue weighted by molar-refractivity contribution is 0.0909. The first kappa shape index (κ1) is 16.2. The van der Waals surface area contributed by atoms with Crippen LogP contribution in [-0.4, -0.2) is 29.9 Å². The van der Waals surface area contributed by atoms with Gasteiger partial charge in [-0.1, -0.05) is 30.3 Å². The van der Waals surface area contributed by atoms with Crippen molar-refractivity contribution >= 4 is 17.2 Å². The normalized spacial score (nSPS) is 16.4. The zero-order chi connectivity index (χ0) is 16.2. The SMILES string of the molecule is Cc1cc(C(=O)NC2CCN(Cc3ccccc3)CC2)c(C)s1. The van der Waals surface area contributed by atoms with E-state index in [1.165, 1.54) is 10.4 Å². The van der Waals surface area contributed by atoms with Crippen molar-refractivity contribution in [1.29, 1.82) is 0 Å².